The molecule has 5 nitrogen and oxygen atoms in total. The molecular weight excluding hydrogens is 256 g/mol. The molecule has 0 spiro atoms. The number of hydrogen-bond acceptors (Lipinski definition) is 4. The molecule has 0 aromatic heterocycles. The van der Waals surface area contributed by atoms with Gasteiger partial charge in [-0.15, -0.1) is 0 Å². The Morgan fingerprint density at radius 3 is 2.60 bits per heavy atom. The fraction of sp³-hybridized carbons (Fsp3) is 0.533. The monoisotopic (exact) mass is 280 g/mol. The highest BCUT2D eigenvalue weighted by Crippen LogP contribution is 2.18. The molecule has 0 aliphatic carbocycles. The molecule has 0 aliphatic rings. The Bertz CT molecular complexity index is 422. The number of nitrogen functional groups attached to an aromatic ring is 1. The van der Waals surface area contributed by atoms with E-state index in [9.17, 15) is 4.79 Å². The summed E-state index contributed by atoms with van der Waals surface area (Å²) in [4.78, 5) is 11.7. The van der Waals surface area contributed by atoms with Crippen LogP contribution in [0.2, 0.25) is 0 Å². The van der Waals surface area contributed by atoms with Crippen LogP contribution in [0.5, 0.6) is 0 Å². The molecule has 112 valence electrons. The lowest BCUT2D eigenvalue weighted by Crippen LogP contribution is -2.16. The number of amides is 1. The fourth-order valence-corrected chi connectivity index (χ4v) is 1.62. The highest BCUT2D eigenvalue weighted by atomic mass is 16.5. The Labute approximate surface area is 120 Å². The summed E-state index contributed by atoms with van der Waals surface area (Å²) in [7, 11) is 0. The lowest BCUT2D eigenvalue weighted by atomic mass is 10.2. The van der Waals surface area contributed by atoms with E-state index in [2.05, 4.69) is 12.2 Å². The van der Waals surface area contributed by atoms with Gasteiger partial charge in [0.05, 0.1) is 26.2 Å². The summed E-state index contributed by atoms with van der Waals surface area (Å²) >= 11 is 0. The average molecular weight is 280 g/mol. The van der Waals surface area contributed by atoms with E-state index in [-0.39, 0.29) is 5.91 Å². The Morgan fingerprint density at radius 2 is 1.90 bits per heavy atom. The van der Waals surface area contributed by atoms with Gasteiger partial charge in [0.25, 0.3) is 0 Å². The highest BCUT2D eigenvalue weighted by Gasteiger charge is 2.05. The summed E-state index contributed by atoms with van der Waals surface area (Å²) < 4.78 is 10.6. The zero-order chi connectivity index (χ0) is 14.8. The number of nitrogens with one attached hydrogen (secondary N) is 1. The van der Waals surface area contributed by atoms with Gasteiger partial charge < -0.3 is 20.5 Å². The summed E-state index contributed by atoms with van der Waals surface area (Å²) in [5, 5.41) is 2.83. The minimum absolute atomic E-state index is 0.0758. The molecule has 1 rings (SSSR count). The summed E-state index contributed by atoms with van der Waals surface area (Å²) in [5.74, 6) is -0.0758. The van der Waals surface area contributed by atoms with E-state index in [1.54, 1.807) is 6.07 Å². The van der Waals surface area contributed by atoms with Crippen LogP contribution in [0.15, 0.2) is 18.2 Å². The van der Waals surface area contributed by atoms with Gasteiger partial charge in [-0.05, 0) is 31.0 Å². The topological polar surface area (TPSA) is 73.6 Å². The maximum absolute atomic E-state index is 11.7. The largest absolute Gasteiger partial charge is 0.399 e. The molecular formula is C15H24N2O3. The van der Waals surface area contributed by atoms with E-state index in [4.69, 9.17) is 15.2 Å². The van der Waals surface area contributed by atoms with E-state index in [0.29, 0.717) is 31.9 Å². The van der Waals surface area contributed by atoms with Crippen molar-refractivity contribution in [3.05, 3.63) is 23.8 Å². The Kier molecular flexibility index (Phi) is 7.69. The first-order valence-electron chi connectivity index (χ1n) is 6.95. The lowest BCUT2D eigenvalue weighted by Gasteiger charge is -2.09. The van der Waals surface area contributed by atoms with Crippen molar-refractivity contribution in [2.75, 3.05) is 37.5 Å². The normalized spacial score (nSPS) is 10.5. The van der Waals surface area contributed by atoms with Crippen LogP contribution in [0.4, 0.5) is 11.4 Å². The second-order valence-electron chi connectivity index (χ2n) is 4.60. The number of hydrogen-bond donors (Lipinski definition) is 2. The van der Waals surface area contributed by atoms with Crippen LogP contribution < -0.4 is 11.1 Å². The Morgan fingerprint density at radius 1 is 1.20 bits per heavy atom. The van der Waals surface area contributed by atoms with Gasteiger partial charge in [-0.25, -0.2) is 0 Å². The van der Waals surface area contributed by atoms with Crippen LogP contribution >= 0.6 is 0 Å². The second-order valence-corrected chi connectivity index (χ2v) is 4.60. The smallest absolute Gasteiger partial charge is 0.226 e. The zero-order valence-electron chi connectivity index (χ0n) is 12.3. The average Bonchev–Trinajstić information content (AvgIpc) is 2.42. The van der Waals surface area contributed by atoms with E-state index in [1.807, 2.05) is 19.1 Å². The maximum Gasteiger partial charge on any atom is 0.226 e. The maximum atomic E-state index is 11.7. The second kappa shape index (κ2) is 9.34. The minimum atomic E-state index is -0.0758. The van der Waals surface area contributed by atoms with E-state index >= 15 is 0 Å². The van der Waals surface area contributed by atoms with Crippen molar-refractivity contribution < 1.29 is 14.3 Å². The van der Waals surface area contributed by atoms with E-state index in [0.717, 1.165) is 24.3 Å². The number of carbonyl (C=O) groups excluding carboxylic acids is 1. The molecule has 0 bridgehead atoms. The van der Waals surface area contributed by atoms with Gasteiger partial charge in [0.2, 0.25) is 5.91 Å². The van der Waals surface area contributed by atoms with Crippen molar-refractivity contribution in [2.45, 2.75) is 26.7 Å². The molecule has 1 aromatic rings. The van der Waals surface area contributed by atoms with E-state index in [1.165, 1.54) is 0 Å². The van der Waals surface area contributed by atoms with Gasteiger partial charge in [-0.1, -0.05) is 13.0 Å². The number of nitrogens with two attached hydrogens (primary N) is 1. The van der Waals surface area contributed by atoms with Crippen LogP contribution in [0.3, 0.4) is 0 Å². The standard InChI is InChI=1S/C15H24N2O3/c1-3-7-19-9-10-20-8-6-15(18)17-14-11-13(16)5-4-12(14)2/h4-5,11H,3,6-10,16H2,1-2H3,(H,17,18). The molecule has 0 saturated carbocycles. The first kappa shape index (κ1) is 16.5. The van der Waals surface area contributed by atoms with E-state index < -0.39 is 0 Å². The first-order chi connectivity index (χ1) is 9.63. The number of rotatable bonds is 9. The molecule has 0 radical (unpaired) electrons. The third-order valence-corrected chi connectivity index (χ3v) is 2.73. The number of carbonyl (C=O) groups is 1. The lowest BCUT2D eigenvalue weighted by molar-refractivity contribution is -0.117. The van der Waals surface area contributed by atoms with Crippen LogP contribution in [0.1, 0.15) is 25.3 Å². The molecule has 0 atom stereocenters. The molecule has 1 amide bonds. The van der Waals surface area contributed by atoms with Crippen molar-refractivity contribution in [2.24, 2.45) is 0 Å². The first-order valence-corrected chi connectivity index (χ1v) is 6.95. The SMILES string of the molecule is CCCOCCOCCC(=O)Nc1cc(N)ccc1C. The quantitative estimate of drug-likeness (QED) is 0.538. The van der Waals surface area contributed by atoms with Crippen molar-refractivity contribution >= 4 is 17.3 Å². The molecule has 0 saturated heterocycles. The van der Waals surface area contributed by atoms with Crippen LogP contribution in [0, 0.1) is 6.92 Å². The molecule has 0 heterocycles. The van der Waals surface area contributed by atoms with Crippen molar-refractivity contribution in [1.82, 2.24) is 0 Å². The fourth-order valence-electron chi connectivity index (χ4n) is 1.62. The molecule has 20 heavy (non-hydrogen) atoms. The van der Waals surface area contributed by atoms with Crippen LogP contribution in [-0.2, 0) is 14.3 Å². The molecule has 3 N–H and O–H groups in total. The summed E-state index contributed by atoms with van der Waals surface area (Å²) in [6.07, 6.45) is 1.32. The zero-order valence-corrected chi connectivity index (χ0v) is 12.3. The van der Waals surface area contributed by atoms with Gasteiger partial charge in [-0.3, -0.25) is 4.79 Å². The number of anilines is 2. The predicted octanol–water partition coefficient (Wildman–Crippen LogP) is 2.35. The molecule has 1 aromatic carbocycles. The van der Waals surface area contributed by atoms with Gasteiger partial charge in [0.1, 0.15) is 0 Å². The number of benzene rings is 1. The van der Waals surface area contributed by atoms with Crippen molar-refractivity contribution in [1.29, 1.82) is 0 Å². The molecule has 5 heteroatoms. The summed E-state index contributed by atoms with van der Waals surface area (Å²) in [6.45, 7) is 6.22. The highest BCUT2D eigenvalue weighted by molar-refractivity contribution is 5.92. The molecule has 0 aliphatic heterocycles. The Balaban J connectivity index is 2.19. The molecule has 0 unspecified atom stereocenters. The third kappa shape index (κ3) is 6.54. The minimum Gasteiger partial charge on any atom is -0.399 e. The molecule has 0 fully saturated rings. The predicted molar refractivity (Wildman–Crippen MR) is 80.8 cm³/mol. The van der Waals surface area contributed by atoms with Gasteiger partial charge >= 0.3 is 0 Å². The Hall–Kier alpha value is -1.59. The van der Waals surface area contributed by atoms with Gasteiger partial charge in [0.15, 0.2) is 0 Å². The van der Waals surface area contributed by atoms with Gasteiger partial charge in [0, 0.05) is 18.0 Å². The van der Waals surface area contributed by atoms with Crippen molar-refractivity contribution in [3.8, 4) is 0 Å². The number of ether oxygens (including phenoxy) is 2. The van der Waals surface area contributed by atoms with Crippen molar-refractivity contribution in [3.63, 3.8) is 0 Å². The third-order valence-electron chi connectivity index (χ3n) is 2.73. The van der Waals surface area contributed by atoms with Crippen LogP contribution in [0.25, 0.3) is 0 Å². The van der Waals surface area contributed by atoms with Gasteiger partial charge in [-0.2, -0.15) is 0 Å². The summed E-state index contributed by atoms with van der Waals surface area (Å²) in [5.41, 5.74) is 8.07. The number of aryl methyl sites for hydroxylation is 1. The summed E-state index contributed by atoms with van der Waals surface area (Å²) in [6, 6.07) is 5.45. The van der Waals surface area contributed by atoms with Crippen LogP contribution in [-0.4, -0.2) is 32.3 Å².